The largest absolute Gasteiger partial charge is 1.00 e. The molecule has 0 amide bonds. The van der Waals surface area contributed by atoms with Crippen LogP contribution in [0, 0.1) is 10.8 Å². The predicted octanol–water partition coefficient (Wildman–Crippen LogP) is 1.16. The zero-order chi connectivity index (χ0) is 18.4. The molecular weight excluding hydrogens is 542 g/mol. The molecular formula is C22H36Cl2HfSi. The SMILES string of the molecule is CC1=[C]([Hf+2]([C]2=C(C)C=C(C(C)(C)C)C2)=[Si](C)C)CC(C(C)(C)C)=C1.[Cl-].[Cl-]. The maximum atomic E-state index is 2.59. The van der Waals surface area contributed by atoms with Gasteiger partial charge in [0.05, 0.1) is 0 Å². The van der Waals surface area contributed by atoms with Crippen LogP contribution in [-0.4, -0.2) is 5.49 Å². The topological polar surface area (TPSA) is 0 Å². The molecule has 0 saturated carbocycles. The summed E-state index contributed by atoms with van der Waals surface area (Å²) in [5.74, 6) is 0. The summed E-state index contributed by atoms with van der Waals surface area (Å²) in [6.45, 7) is 24.2. The standard InChI is InChI=1S/2C10H15.C2H6Si.2ClH.Hf/c2*1-8-5-6-9(7-8)10(2,3)4;1-3-2;;;/h2*7H,6H2,1-4H3;1-2H3;2*1H;/q;;;;;+2/p-2. The maximum absolute atomic E-state index is 2.59. The summed E-state index contributed by atoms with van der Waals surface area (Å²) < 4.78 is 3.86. The molecule has 0 atom stereocenters. The molecule has 26 heavy (non-hydrogen) atoms. The van der Waals surface area contributed by atoms with Crippen molar-refractivity contribution in [2.45, 2.75) is 81.3 Å². The molecule has 0 fully saturated rings. The van der Waals surface area contributed by atoms with E-state index >= 15 is 0 Å². The van der Waals surface area contributed by atoms with Crippen LogP contribution >= 0.6 is 0 Å². The van der Waals surface area contributed by atoms with Gasteiger partial charge in [0.15, 0.2) is 0 Å². The van der Waals surface area contributed by atoms with Crippen LogP contribution in [0.25, 0.3) is 0 Å². The van der Waals surface area contributed by atoms with Gasteiger partial charge in [0.1, 0.15) is 0 Å². The average Bonchev–Trinajstić information content (AvgIpc) is 2.94. The molecule has 0 radical (unpaired) electrons. The summed E-state index contributed by atoms with van der Waals surface area (Å²) in [4.78, 5) is 0. The van der Waals surface area contributed by atoms with Gasteiger partial charge in [0, 0.05) is 0 Å². The summed E-state index contributed by atoms with van der Waals surface area (Å²) in [6, 6.07) is 0. The van der Waals surface area contributed by atoms with Crippen molar-refractivity contribution < 1.29 is 44.9 Å². The minimum atomic E-state index is -1.89. The molecule has 0 saturated heterocycles. The molecule has 0 aliphatic heterocycles. The molecule has 0 aromatic rings. The van der Waals surface area contributed by atoms with Crippen molar-refractivity contribution in [2.75, 3.05) is 0 Å². The molecule has 0 heterocycles. The Morgan fingerprint density at radius 3 is 1.23 bits per heavy atom. The van der Waals surface area contributed by atoms with E-state index in [0.29, 0.717) is 10.8 Å². The van der Waals surface area contributed by atoms with E-state index in [1.165, 1.54) is 12.8 Å². The molecule has 2 rings (SSSR count). The smallest absolute Gasteiger partial charge is 1.00 e. The zero-order valence-corrected chi connectivity index (χ0v) is 24.4. The first-order chi connectivity index (χ1) is 10.8. The monoisotopic (exact) mass is 578 g/mol. The first-order valence-electron chi connectivity index (χ1n) is 9.32. The van der Waals surface area contributed by atoms with Crippen molar-refractivity contribution in [3.63, 3.8) is 0 Å². The van der Waals surface area contributed by atoms with Crippen molar-refractivity contribution in [3.8, 4) is 0 Å². The van der Waals surface area contributed by atoms with Gasteiger partial charge in [-0.3, -0.25) is 0 Å². The summed E-state index contributed by atoms with van der Waals surface area (Å²) >= 11 is -1.89. The van der Waals surface area contributed by atoms with Crippen LogP contribution in [0.3, 0.4) is 0 Å². The average molecular weight is 578 g/mol. The van der Waals surface area contributed by atoms with Gasteiger partial charge in [-0.2, -0.15) is 0 Å². The minimum Gasteiger partial charge on any atom is -1.00 e. The van der Waals surface area contributed by atoms with E-state index in [1.807, 2.05) is 6.66 Å². The van der Waals surface area contributed by atoms with Gasteiger partial charge in [0.25, 0.3) is 0 Å². The summed E-state index contributed by atoms with van der Waals surface area (Å²) in [7, 11) is 0. The maximum Gasteiger partial charge on any atom is -1.00 e. The van der Waals surface area contributed by atoms with E-state index in [-0.39, 0.29) is 30.3 Å². The van der Waals surface area contributed by atoms with Gasteiger partial charge < -0.3 is 24.8 Å². The van der Waals surface area contributed by atoms with Crippen LogP contribution < -0.4 is 24.8 Å². The normalized spacial score (nSPS) is 17.3. The van der Waals surface area contributed by atoms with E-state index < -0.39 is 20.1 Å². The van der Waals surface area contributed by atoms with Gasteiger partial charge >= 0.3 is 159 Å². The molecule has 2 aliphatic rings. The van der Waals surface area contributed by atoms with Crippen LogP contribution in [0.2, 0.25) is 13.1 Å². The number of halogens is 2. The Morgan fingerprint density at radius 2 is 1.04 bits per heavy atom. The third kappa shape index (κ3) is 5.81. The van der Waals surface area contributed by atoms with E-state index in [9.17, 15) is 0 Å². The first-order valence-corrected chi connectivity index (χ1v) is 20.8. The molecule has 0 bridgehead atoms. The van der Waals surface area contributed by atoms with Crippen LogP contribution in [0.4, 0.5) is 0 Å². The second-order valence-corrected chi connectivity index (χ2v) is 33.8. The van der Waals surface area contributed by atoms with Crippen molar-refractivity contribution in [3.05, 3.63) is 41.1 Å². The van der Waals surface area contributed by atoms with Gasteiger partial charge in [-0.15, -0.1) is 0 Å². The summed E-state index contributed by atoms with van der Waals surface area (Å²) in [5.41, 5.74) is 7.04. The van der Waals surface area contributed by atoms with Gasteiger partial charge in [-0.25, -0.2) is 0 Å². The summed E-state index contributed by atoms with van der Waals surface area (Å²) in [6.07, 6.45) is 7.64. The van der Waals surface area contributed by atoms with Gasteiger partial charge in [-0.05, 0) is 0 Å². The van der Waals surface area contributed by atoms with Crippen LogP contribution in [0.15, 0.2) is 41.1 Å². The van der Waals surface area contributed by atoms with E-state index in [4.69, 9.17) is 0 Å². The zero-order valence-electron chi connectivity index (χ0n) is 18.3. The van der Waals surface area contributed by atoms with E-state index in [2.05, 4.69) is 80.6 Å². The second kappa shape index (κ2) is 9.42. The van der Waals surface area contributed by atoms with Crippen LogP contribution in [0.5, 0.6) is 0 Å². The Labute approximate surface area is 182 Å². The Kier molecular flexibility index (Phi) is 9.64. The van der Waals surface area contributed by atoms with Gasteiger partial charge in [-0.1, -0.05) is 0 Å². The molecule has 2 aliphatic carbocycles. The molecule has 0 aromatic carbocycles. The minimum absolute atomic E-state index is 0. The molecule has 146 valence electrons. The Balaban J connectivity index is 0.00000312. The molecule has 0 spiro atoms. The fourth-order valence-electron chi connectivity index (χ4n) is 3.78. The van der Waals surface area contributed by atoms with E-state index in [0.717, 1.165) is 0 Å². The third-order valence-electron chi connectivity index (χ3n) is 5.50. The number of rotatable bonds is 2. The van der Waals surface area contributed by atoms with Gasteiger partial charge in [0.2, 0.25) is 0 Å². The number of allylic oxidation sites excluding steroid dienone is 8. The Hall–Kier alpha value is 0.627. The van der Waals surface area contributed by atoms with Crippen molar-refractivity contribution >= 4 is 5.49 Å². The van der Waals surface area contributed by atoms with Crippen LogP contribution in [0.1, 0.15) is 68.2 Å². The summed E-state index contributed by atoms with van der Waals surface area (Å²) in [5, 5.41) is 0. The molecule has 0 nitrogen and oxygen atoms in total. The van der Waals surface area contributed by atoms with Crippen molar-refractivity contribution in [1.82, 2.24) is 0 Å². The predicted molar refractivity (Wildman–Crippen MR) is 107 cm³/mol. The Morgan fingerprint density at radius 1 is 0.731 bits per heavy atom. The van der Waals surface area contributed by atoms with Crippen LogP contribution in [-0.2, 0) is 20.1 Å². The van der Waals surface area contributed by atoms with Crippen molar-refractivity contribution in [1.29, 1.82) is 0 Å². The molecule has 4 heteroatoms. The molecule has 0 unspecified atom stereocenters. The quantitative estimate of drug-likeness (QED) is 0.433. The molecule has 0 N–H and O–H groups in total. The number of hydrogen-bond acceptors (Lipinski definition) is 0. The number of hydrogen-bond donors (Lipinski definition) is 0. The third-order valence-corrected chi connectivity index (χ3v) is 30.7. The van der Waals surface area contributed by atoms with Crippen molar-refractivity contribution in [2.24, 2.45) is 10.8 Å². The fourth-order valence-corrected chi connectivity index (χ4v) is 30.0. The molecule has 0 aromatic heterocycles. The second-order valence-electron chi connectivity index (χ2n) is 9.89. The fraction of sp³-hybridized carbons (Fsp3) is 0.636. The Bertz CT molecular complexity index is 660. The first kappa shape index (κ1) is 26.6. The van der Waals surface area contributed by atoms with E-state index in [1.54, 1.807) is 22.3 Å².